The van der Waals surface area contributed by atoms with Crippen molar-refractivity contribution >= 4 is 17.4 Å². The van der Waals surface area contributed by atoms with Crippen molar-refractivity contribution in [3.05, 3.63) is 30.0 Å². The van der Waals surface area contributed by atoms with Crippen LogP contribution in [-0.4, -0.2) is 63.4 Å². The van der Waals surface area contributed by atoms with Gasteiger partial charge in [-0.05, 0) is 58.3 Å². The minimum absolute atomic E-state index is 0.0765. The molecule has 2 aromatic rings. The van der Waals surface area contributed by atoms with E-state index in [1.807, 2.05) is 58.9 Å². The highest BCUT2D eigenvalue weighted by Gasteiger charge is 2.24. The third-order valence-electron chi connectivity index (χ3n) is 4.17. The average Bonchev–Trinajstić information content (AvgIpc) is 3.15. The third kappa shape index (κ3) is 5.98. The van der Waals surface area contributed by atoms with E-state index < -0.39 is 6.10 Å². The summed E-state index contributed by atoms with van der Waals surface area (Å²) in [6.07, 6.45) is -0.649. The van der Waals surface area contributed by atoms with E-state index in [0.717, 1.165) is 5.56 Å². The van der Waals surface area contributed by atoms with Crippen molar-refractivity contribution in [3.8, 4) is 16.2 Å². The Morgan fingerprint density at radius 2 is 1.96 bits per heavy atom. The Bertz CT molecular complexity index is 769. The van der Waals surface area contributed by atoms with Gasteiger partial charge < -0.3 is 20.1 Å². The zero-order valence-electron chi connectivity index (χ0n) is 17.2. The number of nitrogens with zero attached hydrogens (tertiary/aromatic N) is 3. The van der Waals surface area contributed by atoms with Gasteiger partial charge in [-0.15, -0.1) is 5.10 Å². The Morgan fingerprint density at radius 1 is 1.29 bits per heavy atom. The number of ether oxygens (including phenoxy) is 1. The first kappa shape index (κ1) is 22.3. The number of aliphatic hydroxyl groups excluding tert-OH is 1. The predicted molar refractivity (Wildman–Crippen MR) is 112 cm³/mol. The van der Waals surface area contributed by atoms with Crippen LogP contribution in [0.15, 0.2) is 24.3 Å². The van der Waals surface area contributed by atoms with E-state index in [1.54, 1.807) is 4.90 Å². The maximum absolute atomic E-state index is 12.8. The number of nitrogens with one attached hydrogen (secondary N) is 1. The van der Waals surface area contributed by atoms with Crippen molar-refractivity contribution in [2.24, 2.45) is 0 Å². The number of carbonyl (C=O) groups is 1. The topological polar surface area (TPSA) is 87.6 Å². The second-order valence-electron chi connectivity index (χ2n) is 7.52. The van der Waals surface area contributed by atoms with Gasteiger partial charge in [0.2, 0.25) is 0 Å². The minimum atomic E-state index is -0.649. The molecule has 154 valence electrons. The second kappa shape index (κ2) is 9.95. The van der Waals surface area contributed by atoms with E-state index in [4.69, 9.17) is 4.74 Å². The molecule has 0 saturated carbocycles. The molecular formula is C20H30N4O3S. The maximum atomic E-state index is 12.8. The summed E-state index contributed by atoms with van der Waals surface area (Å²) >= 11 is 1.17. The molecule has 1 aromatic carbocycles. The number of aromatic nitrogens is 2. The van der Waals surface area contributed by atoms with Crippen molar-refractivity contribution in [3.63, 3.8) is 0 Å². The summed E-state index contributed by atoms with van der Waals surface area (Å²) in [5.74, 6) is 0.454. The number of para-hydroxylation sites is 1. The molecule has 0 aliphatic carbocycles. The van der Waals surface area contributed by atoms with Crippen LogP contribution in [0, 0.1) is 0 Å². The summed E-state index contributed by atoms with van der Waals surface area (Å²) in [4.78, 5) is 15.1. The van der Waals surface area contributed by atoms with Crippen molar-refractivity contribution in [1.82, 2.24) is 19.8 Å². The van der Waals surface area contributed by atoms with Gasteiger partial charge in [0, 0.05) is 30.7 Å². The van der Waals surface area contributed by atoms with Crippen LogP contribution >= 0.6 is 11.5 Å². The molecule has 1 unspecified atom stereocenters. The number of hydrogen-bond donors (Lipinski definition) is 2. The largest absolute Gasteiger partial charge is 0.490 e. The van der Waals surface area contributed by atoms with Crippen molar-refractivity contribution < 1.29 is 14.6 Å². The van der Waals surface area contributed by atoms with Crippen molar-refractivity contribution in [2.75, 3.05) is 26.2 Å². The smallest absolute Gasteiger partial charge is 0.275 e. The van der Waals surface area contributed by atoms with Crippen LogP contribution < -0.4 is 10.1 Å². The van der Waals surface area contributed by atoms with Crippen LogP contribution in [0.1, 0.15) is 45.1 Å². The highest BCUT2D eigenvalue weighted by molar-refractivity contribution is 7.09. The molecule has 28 heavy (non-hydrogen) atoms. The van der Waals surface area contributed by atoms with Gasteiger partial charge in [0.05, 0.1) is 4.88 Å². The molecule has 8 heteroatoms. The fraction of sp³-hybridized carbons (Fsp3) is 0.550. The molecule has 0 fully saturated rings. The zero-order valence-corrected chi connectivity index (χ0v) is 18.0. The van der Waals surface area contributed by atoms with Gasteiger partial charge in [-0.1, -0.05) is 16.6 Å². The quantitative estimate of drug-likeness (QED) is 0.666. The Hall–Kier alpha value is -2.03. The molecule has 1 heterocycles. The first-order valence-electron chi connectivity index (χ1n) is 9.53. The van der Waals surface area contributed by atoms with E-state index >= 15 is 0 Å². The summed E-state index contributed by atoms with van der Waals surface area (Å²) in [6.45, 7) is 11.8. The Kier molecular flexibility index (Phi) is 7.91. The number of carbonyl (C=O) groups excluding carboxylic acids is 1. The van der Waals surface area contributed by atoms with Gasteiger partial charge in [-0.2, -0.15) is 0 Å². The van der Waals surface area contributed by atoms with Gasteiger partial charge in [0.25, 0.3) is 5.91 Å². The minimum Gasteiger partial charge on any atom is -0.490 e. The van der Waals surface area contributed by atoms with Crippen LogP contribution in [0.4, 0.5) is 0 Å². The molecule has 1 amide bonds. The van der Waals surface area contributed by atoms with Crippen LogP contribution in [0.3, 0.4) is 0 Å². The average molecular weight is 407 g/mol. The van der Waals surface area contributed by atoms with E-state index in [1.165, 1.54) is 11.5 Å². The Morgan fingerprint density at radius 3 is 2.61 bits per heavy atom. The fourth-order valence-corrected chi connectivity index (χ4v) is 3.30. The van der Waals surface area contributed by atoms with Crippen LogP contribution in [0.5, 0.6) is 5.75 Å². The monoisotopic (exact) mass is 406 g/mol. The number of rotatable bonds is 9. The van der Waals surface area contributed by atoms with Crippen LogP contribution in [-0.2, 0) is 0 Å². The predicted octanol–water partition coefficient (Wildman–Crippen LogP) is 2.81. The lowest BCUT2D eigenvalue weighted by molar-refractivity contribution is 0.0767. The van der Waals surface area contributed by atoms with E-state index in [0.29, 0.717) is 36.0 Å². The number of hydrogen-bond acceptors (Lipinski definition) is 7. The zero-order chi connectivity index (χ0) is 20.7. The first-order valence-corrected chi connectivity index (χ1v) is 10.3. The van der Waals surface area contributed by atoms with E-state index in [-0.39, 0.29) is 18.1 Å². The molecule has 1 aromatic heterocycles. The molecule has 0 saturated heterocycles. The number of benzene rings is 1. The molecule has 0 aliphatic rings. The number of aliphatic hydroxyl groups is 1. The standard InChI is InChI=1S/C20H30N4O3S/c1-6-24(7-2)19(26)17-18(28-23-22-17)15-10-8-9-11-16(15)27-13-14(25)12-21-20(3,4)5/h8-11,14,21,25H,6-7,12-13H2,1-5H3. The maximum Gasteiger partial charge on any atom is 0.275 e. The summed E-state index contributed by atoms with van der Waals surface area (Å²) in [7, 11) is 0. The molecule has 7 nitrogen and oxygen atoms in total. The van der Waals surface area contributed by atoms with Crippen LogP contribution in [0.25, 0.3) is 10.4 Å². The van der Waals surface area contributed by atoms with Crippen LogP contribution in [0.2, 0.25) is 0 Å². The molecular weight excluding hydrogens is 376 g/mol. The first-order chi connectivity index (χ1) is 13.3. The molecule has 2 rings (SSSR count). The number of β-amino-alcohol motifs (C(OH)–C–C–N with tert-alkyl or cyclic N) is 1. The van der Waals surface area contributed by atoms with Gasteiger partial charge in [-0.25, -0.2) is 0 Å². The Labute approximate surface area is 170 Å². The summed E-state index contributed by atoms with van der Waals surface area (Å²) in [5, 5.41) is 17.5. The van der Waals surface area contributed by atoms with Gasteiger partial charge in [0.1, 0.15) is 18.5 Å². The van der Waals surface area contributed by atoms with Gasteiger partial charge >= 0.3 is 0 Å². The van der Waals surface area contributed by atoms with Crippen molar-refractivity contribution in [2.45, 2.75) is 46.3 Å². The van der Waals surface area contributed by atoms with Gasteiger partial charge in [-0.3, -0.25) is 4.79 Å². The molecule has 0 bridgehead atoms. The molecule has 0 radical (unpaired) electrons. The molecule has 0 spiro atoms. The van der Waals surface area contributed by atoms with E-state index in [9.17, 15) is 9.90 Å². The van der Waals surface area contributed by atoms with Gasteiger partial charge in [0.15, 0.2) is 5.69 Å². The molecule has 0 aliphatic heterocycles. The van der Waals surface area contributed by atoms with E-state index in [2.05, 4.69) is 14.9 Å². The SMILES string of the molecule is CCN(CC)C(=O)c1nnsc1-c1ccccc1OCC(O)CNC(C)(C)C. The highest BCUT2D eigenvalue weighted by atomic mass is 32.1. The summed E-state index contributed by atoms with van der Waals surface area (Å²) in [6, 6.07) is 7.44. The molecule has 1 atom stereocenters. The number of amides is 1. The summed E-state index contributed by atoms with van der Waals surface area (Å²) in [5.41, 5.74) is 1.01. The normalized spacial score (nSPS) is 12.6. The Balaban J connectivity index is 2.17. The fourth-order valence-electron chi connectivity index (χ4n) is 2.62. The summed E-state index contributed by atoms with van der Waals surface area (Å²) < 4.78 is 9.86. The third-order valence-corrected chi connectivity index (χ3v) is 4.93. The lowest BCUT2D eigenvalue weighted by atomic mass is 10.1. The van der Waals surface area contributed by atoms with Crippen molar-refractivity contribution in [1.29, 1.82) is 0 Å². The highest BCUT2D eigenvalue weighted by Crippen LogP contribution is 2.34. The lowest BCUT2D eigenvalue weighted by Crippen LogP contribution is -2.42. The lowest BCUT2D eigenvalue weighted by Gasteiger charge is -2.23. The second-order valence-corrected chi connectivity index (χ2v) is 8.27. The molecule has 2 N–H and O–H groups in total.